The van der Waals surface area contributed by atoms with Gasteiger partial charge in [-0.2, -0.15) is 0 Å². The monoisotopic (exact) mass is 663 g/mol. The zero-order valence-electron chi connectivity index (χ0n) is 28.0. The topological polar surface area (TPSA) is 64.5 Å². The molecule has 242 valence electrons. The van der Waals surface area contributed by atoms with Crippen LogP contribution in [0.2, 0.25) is 0 Å². The third kappa shape index (κ3) is 5.24. The highest BCUT2D eigenvalue weighted by Crippen LogP contribution is 2.34. The second kappa shape index (κ2) is 12.3. The highest BCUT2D eigenvalue weighted by molar-refractivity contribution is 6.04. The van der Waals surface area contributed by atoms with E-state index >= 15 is 0 Å². The molecule has 0 aliphatic heterocycles. The molecule has 4 aromatic heterocycles. The van der Waals surface area contributed by atoms with E-state index in [-0.39, 0.29) is 0 Å². The number of pyridine rings is 3. The number of para-hydroxylation sites is 2. The van der Waals surface area contributed by atoms with Gasteiger partial charge in [0.2, 0.25) is 0 Å². The third-order valence-electron chi connectivity index (χ3n) is 9.72. The van der Waals surface area contributed by atoms with Gasteiger partial charge in [0.05, 0.1) is 39.1 Å². The third-order valence-corrected chi connectivity index (χ3v) is 9.72. The number of benzene rings is 6. The Labute approximate surface area is 300 Å². The summed E-state index contributed by atoms with van der Waals surface area (Å²) in [6.07, 6.45) is 1.83. The van der Waals surface area contributed by atoms with Gasteiger partial charge in [0.25, 0.3) is 0 Å². The maximum Gasteiger partial charge on any atom is 0.160 e. The molecule has 10 rings (SSSR count). The summed E-state index contributed by atoms with van der Waals surface area (Å²) < 4.78 is 0. The smallest absolute Gasteiger partial charge is 0.160 e. The van der Waals surface area contributed by atoms with E-state index in [9.17, 15) is 0 Å². The van der Waals surface area contributed by atoms with Crippen LogP contribution in [0.3, 0.4) is 0 Å². The molecule has 0 spiro atoms. The maximum atomic E-state index is 5.19. The lowest BCUT2D eigenvalue weighted by molar-refractivity contribution is 1.23. The Morgan fingerprint density at radius 2 is 0.962 bits per heavy atom. The van der Waals surface area contributed by atoms with E-state index in [0.717, 1.165) is 94.1 Å². The van der Waals surface area contributed by atoms with Crippen LogP contribution < -0.4 is 0 Å². The summed E-state index contributed by atoms with van der Waals surface area (Å²) in [5, 5.41) is 4.22. The molecule has 5 nitrogen and oxygen atoms in total. The van der Waals surface area contributed by atoms with Gasteiger partial charge < -0.3 is 0 Å². The minimum atomic E-state index is 0.679. The summed E-state index contributed by atoms with van der Waals surface area (Å²) in [7, 11) is 0. The molecule has 5 heteroatoms. The van der Waals surface area contributed by atoms with Crippen molar-refractivity contribution in [2.24, 2.45) is 0 Å². The lowest BCUT2D eigenvalue weighted by Gasteiger charge is -2.12. The van der Waals surface area contributed by atoms with Crippen LogP contribution in [0.4, 0.5) is 0 Å². The van der Waals surface area contributed by atoms with Crippen molar-refractivity contribution >= 4 is 43.6 Å². The van der Waals surface area contributed by atoms with Crippen molar-refractivity contribution in [3.63, 3.8) is 0 Å². The highest BCUT2D eigenvalue weighted by Gasteiger charge is 2.15. The molecule has 0 saturated heterocycles. The van der Waals surface area contributed by atoms with Crippen LogP contribution in [-0.4, -0.2) is 24.9 Å². The fourth-order valence-corrected chi connectivity index (χ4v) is 7.07. The molecule has 10 aromatic rings. The second-order valence-electron chi connectivity index (χ2n) is 12.9. The summed E-state index contributed by atoms with van der Waals surface area (Å²) in [5.74, 6) is 0.679. The van der Waals surface area contributed by atoms with Gasteiger partial charge in [-0.15, -0.1) is 0 Å². The number of rotatable bonds is 5. The molecule has 4 heterocycles. The van der Waals surface area contributed by atoms with Gasteiger partial charge in [0, 0.05) is 50.0 Å². The van der Waals surface area contributed by atoms with Crippen LogP contribution >= 0.6 is 0 Å². The van der Waals surface area contributed by atoms with E-state index in [2.05, 4.69) is 127 Å². The molecule has 0 unspecified atom stereocenters. The minimum absolute atomic E-state index is 0.679. The lowest BCUT2D eigenvalue weighted by atomic mass is 9.99. The first-order valence-corrected chi connectivity index (χ1v) is 17.3. The van der Waals surface area contributed by atoms with Gasteiger partial charge in [-0.3, -0.25) is 4.98 Å². The number of aromatic nitrogens is 5. The molecule has 6 aromatic carbocycles. The molecule has 0 fully saturated rings. The summed E-state index contributed by atoms with van der Waals surface area (Å²) in [4.78, 5) is 25.1. The van der Waals surface area contributed by atoms with Gasteiger partial charge in [-0.25, -0.2) is 19.9 Å². The first-order valence-electron chi connectivity index (χ1n) is 17.3. The van der Waals surface area contributed by atoms with Crippen molar-refractivity contribution in [2.75, 3.05) is 0 Å². The molecular formula is C47H29N5. The summed E-state index contributed by atoms with van der Waals surface area (Å²) in [5.41, 5.74) is 12.6. The number of nitrogens with zero attached hydrogens (tertiary/aromatic N) is 5. The Balaban J connectivity index is 1.01. The van der Waals surface area contributed by atoms with E-state index < -0.39 is 0 Å². The zero-order valence-corrected chi connectivity index (χ0v) is 28.0. The van der Waals surface area contributed by atoms with Gasteiger partial charge in [0.15, 0.2) is 5.82 Å². The molecule has 0 atom stereocenters. The van der Waals surface area contributed by atoms with Gasteiger partial charge >= 0.3 is 0 Å². The SMILES string of the molecule is c1ccc(-c2ccc3ccc4ccc(-c5cccc(-c6ccc(-c7nc(-c8cccc9cccnc89)c8ccccc8n7)cc6)c5)nc4c3n2)cc1. The van der Waals surface area contributed by atoms with Crippen LogP contribution in [0.1, 0.15) is 0 Å². The van der Waals surface area contributed by atoms with Crippen molar-refractivity contribution in [1.29, 1.82) is 0 Å². The second-order valence-corrected chi connectivity index (χ2v) is 12.9. The van der Waals surface area contributed by atoms with Crippen molar-refractivity contribution in [1.82, 2.24) is 24.9 Å². The Bertz CT molecular complexity index is 2950. The van der Waals surface area contributed by atoms with Gasteiger partial charge in [0.1, 0.15) is 0 Å². The maximum absolute atomic E-state index is 5.19. The molecule has 0 N–H and O–H groups in total. The molecule has 0 radical (unpaired) electrons. The zero-order chi connectivity index (χ0) is 34.4. The van der Waals surface area contributed by atoms with E-state index in [4.69, 9.17) is 24.9 Å². The summed E-state index contributed by atoms with van der Waals surface area (Å²) >= 11 is 0. The fraction of sp³-hybridized carbons (Fsp3) is 0. The van der Waals surface area contributed by atoms with Crippen LogP contribution in [0.25, 0.3) is 99.9 Å². The Hall–Kier alpha value is -7.11. The Morgan fingerprint density at radius 1 is 0.346 bits per heavy atom. The number of fused-ring (bicyclic) bond motifs is 5. The normalized spacial score (nSPS) is 11.5. The number of hydrogen-bond acceptors (Lipinski definition) is 5. The van der Waals surface area contributed by atoms with E-state index in [1.165, 1.54) is 0 Å². The van der Waals surface area contributed by atoms with Gasteiger partial charge in [-0.05, 0) is 41.5 Å². The average molecular weight is 664 g/mol. The largest absolute Gasteiger partial charge is 0.256 e. The molecular weight excluding hydrogens is 635 g/mol. The van der Waals surface area contributed by atoms with E-state index in [0.29, 0.717) is 5.82 Å². The van der Waals surface area contributed by atoms with Crippen LogP contribution in [0, 0.1) is 0 Å². The minimum Gasteiger partial charge on any atom is -0.256 e. The Morgan fingerprint density at radius 3 is 1.77 bits per heavy atom. The molecule has 0 bridgehead atoms. The van der Waals surface area contributed by atoms with Gasteiger partial charge in [-0.1, -0.05) is 140 Å². The fourth-order valence-electron chi connectivity index (χ4n) is 7.07. The van der Waals surface area contributed by atoms with E-state index in [1.54, 1.807) is 0 Å². The van der Waals surface area contributed by atoms with Crippen LogP contribution in [0.5, 0.6) is 0 Å². The molecule has 0 saturated carbocycles. The van der Waals surface area contributed by atoms with Crippen LogP contribution in [0.15, 0.2) is 176 Å². The predicted molar refractivity (Wildman–Crippen MR) is 213 cm³/mol. The summed E-state index contributed by atoms with van der Waals surface area (Å²) in [6, 6.07) is 58.5. The lowest BCUT2D eigenvalue weighted by Crippen LogP contribution is -1.96. The van der Waals surface area contributed by atoms with Crippen molar-refractivity contribution in [2.45, 2.75) is 0 Å². The average Bonchev–Trinajstić information content (AvgIpc) is 3.23. The van der Waals surface area contributed by atoms with E-state index in [1.807, 2.05) is 48.7 Å². The standard InChI is InChI=1S/C47H29N5/c1-2-9-31(10-3-1)40-26-24-33-20-21-34-25-27-41(50-45(34)44(33)49-40)37-13-6-12-36(29-37)30-18-22-35(23-19-30)47-51-42-17-5-4-15-38(42)46(52-47)39-16-7-11-32-14-8-28-48-43(32)39/h1-29H. The summed E-state index contributed by atoms with van der Waals surface area (Å²) in [6.45, 7) is 0. The Kier molecular flexibility index (Phi) is 7.07. The molecule has 52 heavy (non-hydrogen) atoms. The first kappa shape index (κ1) is 29.8. The van der Waals surface area contributed by atoms with Crippen molar-refractivity contribution < 1.29 is 0 Å². The highest BCUT2D eigenvalue weighted by atomic mass is 14.9. The number of hydrogen-bond donors (Lipinski definition) is 0. The van der Waals surface area contributed by atoms with Crippen molar-refractivity contribution in [3.8, 4) is 56.3 Å². The molecule has 0 aliphatic rings. The van der Waals surface area contributed by atoms with Crippen molar-refractivity contribution in [3.05, 3.63) is 176 Å². The quantitative estimate of drug-likeness (QED) is 0.171. The molecule has 0 amide bonds. The predicted octanol–water partition coefficient (Wildman–Crippen LogP) is 11.6. The van der Waals surface area contributed by atoms with Crippen LogP contribution in [-0.2, 0) is 0 Å². The first-order chi connectivity index (χ1) is 25.7. The molecule has 0 aliphatic carbocycles.